The molecule has 114 valence electrons. The zero-order chi connectivity index (χ0) is 15.7. The fourth-order valence-electron chi connectivity index (χ4n) is 2.03. The predicted molar refractivity (Wildman–Crippen MR) is 73.6 cm³/mol. The predicted octanol–water partition coefficient (Wildman–Crippen LogP) is 1.38. The van der Waals surface area contributed by atoms with E-state index in [1.165, 1.54) is 6.07 Å². The van der Waals surface area contributed by atoms with Crippen LogP contribution in [0.3, 0.4) is 0 Å². The van der Waals surface area contributed by atoms with Crippen LogP contribution >= 0.6 is 0 Å². The van der Waals surface area contributed by atoms with Crippen molar-refractivity contribution in [1.29, 1.82) is 0 Å². The summed E-state index contributed by atoms with van der Waals surface area (Å²) >= 11 is 0. The first-order valence-corrected chi connectivity index (χ1v) is 6.35. The Balaban J connectivity index is 1.69. The van der Waals surface area contributed by atoms with Crippen LogP contribution in [0, 0.1) is 0 Å². The van der Waals surface area contributed by atoms with E-state index < -0.39 is 12.5 Å². The van der Waals surface area contributed by atoms with E-state index >= 15 is 0 Å². The Hall–Kier alpha value is -2.97. The van der Waals surface area contributed by atoms with Gasteiger partial charge in [-0.25, -0.2) is 9.48 Å². The molecule has 22 heavy (non-hydrogen) atoms. The Morgan fingerprint density at radius 3 is 2.77 bits per heavy atom. The standard InChI is InChI=1S/C13H11F2N5O2/c14-12(15)20-4-3-9(19-20)11(21)16-6-7-1-2-8-10(5-7)18-13(22)17-8/h1-5,12H,6H2,(H,16,21)(H2,17,18,22). The Labute approximate surface area is 122 Å². The molecular weight excluding hydrogens is 296 g/mol. The highest BCUT2D eigenvalue weighted by molar-refractivity contribution is 5.92. The number of rotatable bonds is 4. The number of aromatic nitrogens is 4. The highest BCUT2D eigenvalue weighted by Gasteiger charge is 2.13. The number of nitrogens with one attached hydrogen (secondary N) is 3. The van der Waals surface area contributed by atoms with Crippen molar-refractivity contribution in [2.24, 2.45) is 0 Å². The number of carbonyl (C=O) groups is 1. The van der Waals surface area contributed by atoms with Crippen LogP contribution in [0.5, 0.6) is 0 Å². The minimum absolute atomic E-state index is 0.0866. The number of hydrogen-bond donors (Lipinski definition) is 3. The lowest BCUT2D eigenvalue weighted by molar-refractivity contribution is 0.0560. The third-order valence-electron chi connectivity index (χ3n) is 3.07. The molecule has 0 radical (unpaired) electrons. The number of aromatic amines is 2. The number of benzene rings is 1. The zero-order valence-electron chi connectivity index (χ0n) is 11.1. The Bertz CT molecular complexity index is 880. The smallest absolute Gasteiger partial charge is 0.333 e. The summed E-state index contributed by atoms with van der Waals surface area (Å²) in [5.41, 5.74) is 1.64. The maximum Gasteiger partial charge on any atom is 0.333 e. The van der Waals surface area contributed by atoms with Crippen LogP contribution in [-0.2, 0) is 6.54 Å². The Morgan fingerprint density at radius 1 is 1.27 bits per heavy atom. The van der Waals surface area contributed by atoms with Gasteiger partial charge in [-0.3, -0.25) is 4.79 Å². The van der Waals surface area contributed by atoms with Crippen LogP contribution in [-0.4, -0.2) is 25.7 Å². The minimum Gasteiger partial charge on any atom is -0.347 e. The lowest BCUT2D eigenvalue weighted by atomic mass is 10.2. The van der Waals surface area contributed by atoms with Crippen molar-refractivity contribution in [3.05, 3.63) is 52.2 Å². The average molecular weight is 307 g/mol. The fourth-order valence-corrected chi connectivity index (χ4v) is 2.03. The summed E-state index contributed by atoms with van der Waals surface area (Å²) in [4.78, 5) is 28.2. The number of alkyl halides is 2. The number of H-pyrrole nitrogens is 2. The van der Waals surface area contributed by atoms with Gasteiger partial charge in [-0.15, -0.1) is 0 Å². The number of fused-ring (bicyclic) bond motifs is 1. The number of hydrogen-bond acceptors (Lipinski definition) is 3. The molecular formula is C13H11F2N5O2. The molecule has 0 unspecified atom stereocenters. The highest BCUT2D eigenvalue weighted by atomic mass is 19.3. The number of imidazole rings is 1. The number of nitrogens with zero attached hydrogens (tertiary/aromatic N) is 2. The first-order chi connectivity index (χ1) is 10.5. The molecule has 0 bridgehead atoms. The van der Waals surface area contributed by atoms with E-state index in [-0.39, 0.29) is 17.9 Å². The van der Waals surface area contributed by atoms with Crippen LogP contribution in [0.25, 0.3) is 11.0 Å². The van der Waals surface area contributed by atoms with E-state index in [0.29, 0.717) is 15.7 Å². The van der Waals surface area contributed by atoms with E-state index in [0.717, 1.165) is 11.8 Å². The van der Waals surface area contributed by atoms with Crippen molar-refractivity contribution >= 4 is 16.9 Å². The van der Waals surface area contributed by atoms with Crippen molar-refractivity contribution in [2.45, 2.75) is 13.1 Å². The summed E-state index contributed by atoms with van der Waals surface area (Å²) < 4.78 is 25.2. The monoisotopic (exact) mass is 307 g/mol. The van der Waals surface area contributed by atoms with Gasteiger partial charge in [0.15, 0.2) is 0 Å². The van der Waals surface area contributed by atoms with Gasteiger partial charge in [0.05, 0.1) is 11.0 Å². The van der Waals surface area contributed by atoms with Gasteiger partial charge < -0.3 is 15.3 Å². The molecule has 1 amide bonds. The quantitative estimate of drug-likeness (QED) is 0.679. The van der Waals surface area contributed by atoms with Gasteiger partial charge in [0, 0.05) is 12.7 Å². The topological polar surface area (TPSA) is 95.6 Å². The molecule has 3 N–H and O–H groups in total. The molecule has 0 atom stereocenters. The summed E-state index contributed by atoms with van der Waals surface area (Å²) in [6.45, 7) is -2.60. The SMILES string of the molecule is O=C(NCc1ccc2[nH]c(=O)[nH]c2c1)c1ccn(C(F)F)n1. The summed E-state index contributed by atoms with van der Waals surface area (Å²) in [5.74, 6) is -0.554. The first-order valence-electron chi connectivity index (χ1n) is 6.35. The molecule has 2 heterocycles. The van der Waals surface area contributed by atoms with Crippen molar-refractivity contribution in [3.8, 4) is 0 Å². The Morgan fingerprint density at radius 2 is 2.05 bits per heavy atom. The fraction of sp³-hybridized carbons (Fsp3) is 0.154. The Kier molecular flexibility index (Phi) is 3.45. The second-order valence-corrected chi connectivity index (χ2v) is 4.60. The van der Waals surface area contributed by atoms with E-state index in [2.05, 4.69) is 20.4 Å². The second kappa shape index (κ2) is 5.43. The normalized spacial score (nSPS) is 11.2. The van der Waals surface area contributed by atoms with E-state index in [1.807, 2.05) is 0 Å². The van der Waals surface area contributed by atoms with Crippen molar-refractivity contribution in [2.75, 3.05) is 0 Å². The minimum atomic E-state index is -2.78. The third kappa shape index (κ3) is 2.73. The van der Waals surface area contributed by atoms with Gasteiger partial charge in [0.2, 0.25) is 0 Å². The molecule has 0 fully saturated rings. The van der Waals surface area contributed by atoms with Gasteiger partial charge in [-0.2, -0.15) is 13.9 Å². The van der Waals surface area contributed by atoms with Crippen LogP contribution in [0.1, 0.15) is 22.6 Å². The average Bonchev–Trinajstić information content (AvgIpc) is 3.09. The van der Waals surface area contributed by atoms with Crippen LogP contribution in [0.2, 0.25) is 0 Å². The number of halogens is 2. The van der Waals surface area contributed by atoms with Crippen molar-refractivity contribution < 1.29 is 13.6 Å². The van der Waals surface area contributed by atoms with E-state index in [9.17, 15) is 18.4 Å². The van der Waals surface area contributed by atoms with E-state index in [1.54, 1.807) is 18.2 Å². The highest BCUT2D eigenvalue weighted by Crippen LogP contribution is 2.11. The summed E-state index contributed by atoms with van der Waals surface area (Å²) in [6, 6.07) is 6.38. The van der Waals surface area contributed by atoms with Crippen LogP contribution < -0.4 is 11.0 Å². The molecule has 0 aliphatic rings. The molecule has 2 aromatic heterocycles. The van der Waals surface area contributed by atoms with Gasteiger partial charge >= 0.3 is 12.2 Å². The lowest BCUT2D eigenvalue weighted by Crippen LogP contribution is -2.23. The second-order valence-electron chi connectivity index (χ2n) is 4.60. The zero-order valence-corrected chi connectivity index (χ0v) is 11.1. The van der Waals surface area contributed by atoms with Gasteiger partial charge in [0.1, 0.15) is 5.69 Å². The molecule has 3 aromatic rings. The van der Waals surface area contributed by atoms with Gasteiger partial charge in [-0.1, -0.05) is 6.07 Å². The van der Waals surface area contributed by atoms with Crippen LogP contribution in [0.15, 0.2) is 35.3 Å². The molecule has 0 saturated heterocycles. The molecule has 1 aromatic carbocycles. The van der Waals surface area contributed by atoms with Crippen molar-refractivity contribution in [3.63, 3.8) is 0 Å². The van der Waals surface area contributed by atoms with Gasteiger partial charge in [0.25, 0.3) is 5.91 Å². The molecule has 0 saturated carbocycles. The molecule has 3 rings (SSSR count). The van der Waals surface area contributed by atoms with Crippen molar-refractivity contribution in [1.82, 2.24) is 25.1 Å². The first kappa shape index (κ1) is 14.0. The number of amides is 1. The summed E-state index contributed by atoms with van der Waals surface area (Å²) in [7, 11) is 0. The maximum atomic E-state index is 12.4. The van der Waals surface area contributed by atoms with Crippen LogP contribution in [0.4, 0.5) is 8.78 Å². The maximum absolute atomic E-state index is 12.4. The molecule has 0 aliphatic carbocycles. The largest absolute Gasteiger partial charge is 0.347 e. The third-order valence-corrected chi connectivity index (χ3v) is 3.07. The van der Waals surface area contributed by atoms with Gasteiger partial charge in [-0.05, 0) is 23.8 Å². The summed E-state index contributed by atoms with van der Waals surface area (Å²) in [5, 5.41) is 6.05. The molecule has 0 aliphatic heterocycles. The molecule has 0 spiro atoms. The summed E-state index contributed by atoms with van der Waals surface area (Å²) in [6.07, 6.45) is 1.04. The number of carbonyl (C=O) groups excluding carboxylic acids is 1. The molecule has 7 nitrogen and oxygen atoms in total. The lowest BCUT2D eigenvalue weighted by Gasteiger charge is -2.04. The molecule has 9 heteroatoms. The van der Waals surface area contributed by atoms with E-state index in [4.69, 9.17) is 0 Å².